The number of benzene rings is 1. The average Bonchev–Trinajstić information content (AvgIpc) is 2.37. The van der Waals surface area contributed by atoms with Crippen LogP contribution in [-0.4, -0.2) is 35.2 Å². The van der Waals surface area contributed by atoms with Crippen molar-refractivity contribution >= 4 is 17.6 Å². The van der Waals surface area contributed by atoms with Crippen molar-refractivity contribution < 1.29 is 19.8 Å². The quantitative estimate of drug-likeness (QED) is 0.726. The lowest BCUT2D eigenvalue weighted by molar-refractivity contribution is -0.138. The van der Waals surface area contributed by atoms with E-state index < -0.39 is 11.9 Å². The second kappa shape index (κ2) is 8.19. The van der Waals surface area contributed by atoms with Crippen LogP contribution in [0.1, 0.15) is 31.2 Å². The van der Waals surface area contributed by atoms with Crippen LogP contribution in [0, 0.1) is 6.92 Å². The van der Waals surface area contributed by atoms with Gasteiger partial charge in [0.05, 0.1) is 0 Å². The Morgan fingerprint density at radius 2 is 1.40 bits per heavy atom. The molecule has 0 aliphatic heterocycles. The van der Waals surface area contributed by atoms with E-state index in [-0.39, 0.29) is 12.8 Å². The Balaban J connectivity index is 2.60. The standard InChI is InChI=1S/C15H21NO4/c1-12-6-8-13(9-7-12)16(10-2-4-14(17)18)11-3-5-15(19)20/h6-9H,2-5,10-11H2,1H3,(H,17,18)(H,19,20). The van der Waals surface area contributed by atoms with Crippen molar-refractivity contribution in [2.75, 3.05) is 18.0 Å². The molecule has 110 valence electrons. The fraction of sp³-hybridized carbons (Fsp3) is 0.467. The van der Waals surface area contributed by atoms with Crippen LogP contribution in [-0.2, 0) is 9.59 Å². The molecule has 0 aromatic heterocycles. The van der Waals surface area contributed by atoms with Gasteiger partial charge in [-0.25, -0.2) is 0 Å². The lowest BCUT2D eigenvalue weighted by Gasteiger charge is -2.24. The number of rotatable bonds is 9. The van der Waals surface area contributed by atoms with E-state index in [1.807, 2.05) is 36.1 Å². The van der Waals surface area contributed by atoms with E-state index in [2.05, 4.69) is 0 Å². The van der Waals surface area contributed by atoms with Crippen molar-refractivity contribution in [1.29, 1.82) is 0 Å². The summed E-state index contributed by atoms with van der Waals surface area (Å²) in [6.45, 7) is 3.24. The van der Waals surface area contributed by atoms with Gasteiger partial charge in [-0.3, -0.25) is 9.59 Å². The first-order chi connectivity index (χ1) is 9.49. The summed E-state index contributed by atoms with van der Waals surface area (Å²) in [6, 6.07) is 7.96. The van der Waals surface area contributed by atoms with Crippen molar-refractivity contribution in [1.82, 2.24) is 0 Å². The first kappa shape index (κ1) is 16.0. The minimum atomic E-state index is -0.806. The van der Waals surface area contributed by atoms with Crippen LogP contribution in [0.3, 0.4) is 0 Å². The normalized spacial score (nSPS) is 10.2. The molecule has 0 amide bonds. The maximum atomic E-state index is 10.6. The molecule has 0 atom stereocenters. The Hall–Kier alpha value is -2.04. The minimum absolute atomic E-state index is 0.126. The number of carbonyl (C=O) groups is 2. The van der Waals surface area contributed by atoms with Crippen molar-refractivity contribution in [2.24, 2.45) is 0 Å². The topological polar surface area (TPSA) is 77.8 Å². The number of nitrogens with zero attached hydrogens (tertiary/aromatic N) is 1. The third-order valence-electron chi connectivity index (χ3n) is 3.04. The van der Waals surface area contributed by atoms with Crippen LogP contribution >= 0.6 is 0 Å². The zero-order valence-electron chi connectivity index (χ0n) is 11.7. The second-order valence-corrected chi connectivity index (χ2v) is 4.82. The van der Waals surface area contributed by atoms with Gasteiger partial charge in [0.1, 0.15) is 0 Å². The lowest BCUT2D eigenvalue weighted by atomic mass is 10.2. The molecule has 0 saturated heterocycles. The largest absolute Gasteiger partial charge is 0.481 e. The van der Waals surface area contributed by atoms with Crippen LogP contribution in [0.4, 0.5) is 5.69 Å². The Kier molecular flexibility index (Phi) is 6.56. The molecule has 0 aliphatic carbocycles. The third kappa shape index (κ3) is 6.22. The highest BCUT2D eigenvalue weighted by atomic mass is 16.4. The number of carboxylic acid groups (broad SMARTS) is 2. The van der Waals surface area contributed by atoms with E-state index in [4.69, 9.17) is 10.2 Å². The van der Waals surface area contributed by atoms with Crippen LogP contribution in [0.5, 0.6) is 0 Å². The summed E-state index contributed by atoms with van der Waals surface area (Å²) in [5.41, 5.74) is 2.16. The number of anilines is 1. The zero-order valence-corrected chi connectivity index (χ0v) is 11.7. The molecule has 5 heteroatoms. The molecule has 0 bridgehead atoms. The highest BCUT2D eigenvalue weighted by Crippen LogP contribution is 2.16. The van der Waals surface area contributed by atoms with E-state index in [0.717, 1.165) is 11.3 Å². The summed E-state index contributed by atoms with van der Waals surface area (Å²) in [4.78, 5) is 23.2. The molecule has 1 aromatic rings. The lowest BCUT2D eigenvalue weighted by Crippen LogP contribution is -2.26. The van der Waals surface area contributed by atoms with Crippen molar-refractivity contribution in [3.05, 3.63) is 29.8 Å². The SMILES string of the molecule is Cc1ccc(N(CCCC(=O)O)CCCC(=O)O)cc1. The molecule has 0 unspecified atom stereocenters. The number of hydrogen-bond acceptors (Lipinski definition) is 3. The molecule has 1 rings (SSSR count). The Bertz CT molecular complexity index is 422. The highest BCUT2D eigenvalue weighted by molar-refractivity contribution is 5.67. The second-order valence-electron chi connectivity index (χ2n) is 4.82. The predicted octanol–water partition coefficient (Wildman–Crippen LogP) is 2.53. The maximum absolute atomic E-state index is 10.6. The summed E-state index contributed by atoms with van der Waals surface area (Å²) in [5.74, 6) is -1.61. The van der Waals surface area contributed by atoms with Crippen LogP contribution in [0.15, 0.2) is 24.3 Å². The average molecular weight is 279 g/mol. The minimum Gasteiger partial charge on any atom is -0.481 e. The van der Waals surface area contributed by atoms with Gasteiger partial charge in [0.25, 0.3) is 0 Å². The van der Waals surface area contributed by atoms with Crippen molar-refractivity contribution in [2.45, 2.75) is 32.6 Å². The number of aliphatic carboxylic acids is 2. The van der Waals surface area contributed by atoms with Gasteiger partial charge in [0, 0.05) is 31.6 Å². The van der Waals surface area contributed by atoms with Gasteiger partial charge in [0.15, 0.2) is 0 Å². The number of aryl methyl sites for hydroxylation is 1. The van der Waals surface area contributed by atoms with Crippen LogP contribution in [0.25, 0.3) is 0 Å². The monoisotopic (exact) mass is 279 g/mol. The molecule has 20 heavy (non-hydrogen) atoms. The fourth-order valence-electron chi connectivity index (χ4n) is 1.97. The molecular formula is C15H21NO4. The Morgan fingerprint density at radius 1 is 0.950 bits per heavy atom. The van der Waals surface area contributed by atoms with Gasteiger partial charge in [-0.1, -0.05) is 17.7 Å². The molecule has 0 fully saturated rings. The first-order valence-electron chi connectivity index (χ1n) is 6.74. The molecular weight excluding hydrogens is 258 g/mol. The van der Waals surface area contributed by atoms with Gasteiger partial charge in [0.2, 0.25) is 0 Å². The van der Waals surface area contributed by atoms with E-state index in [9.17, 15) is 9.59 Å². The van der Waals surface area contributed by atoms with E-state index in [1.54, 1.807) is 0 Å². The van der Waals surface area contributed by atoms with Crippen molar-refractivity contribution in [3.8, 4) is 0 Å². The summed E-state index contributed by atoms with van der Waals surface area (Å²) in [5, 5.41) is 17.4. The Labute approximate surface area is 118 Å². The van der Waals surface area contributed by atoms with Gasteiger partial charge >= 0.3 is 11.9 Å². The first-order valence-corrected chi connectivity index (χ1v) is 6.74. The maximum Gasteiger partial charge on any atom is 0.303 e. The third-order valence-corrected chi connectivity index (χ3v) is 3.04. The Morgan fingerprint density at radius 3 is 1.80 bits per heavy atom. The van der Waals surface area contributed by atoms with Crippen molar-refractivity contribution in [3.63, 3.8) is 0 Å². The number of carboxylic acids is 2. The molecule has 0 heterocycles. The van der Waals surface area contributed by atoms with E-state index in [0.29, 0.717) is 25.9 Å². The fourth-order valence-corrected chi connectivity index (χ4v) is 1.97. The van der Waals surface area contributed by atoms with Gasteiger partial charge in [-0.2, -0.15) is 0 Å². The summed E-state index contributed by atoms with van der Waals surface area (Å²) >= 11 is 0. The summed E-state index contributed by atoms with van der Waals surface area (Å²) in [7, 11) is 0. The summed E-state index contributed by atoms with van der Waals surface area (Å²) < 4.78 is 0. The van der Waals surface area contributed by atoms with Crippen LogP contribution < -0.4 is 4.90 Å². The molecule has 0 radical (unpaired) electrons. The van der Waals surface area contributed by atoms with E-state index >= 15 is 0 Å². The van der Waals surface area contributed by atoms with Gasteiger partial charge in [-0.15, -0.1) is 0 Å². The number of hydrogen-bond donors (Lipinski definition) is 2. The van der Waals surface area contributed by atoms with Crippen LogP contribution in [0.2, 0.25) is 0 Å². The zero-order chi connectivity index (χ0) is 15.0. The molecule has 2 N–H and O–H groups in total. The molecule has 0 spiro atoms. The molecule has 0 aliphatic rings. The van der Waals surface area contributed by atoms with Gasteiger partial charge in [-0.05, 0) is 31.9 Å². The smallest absolute Gasteiger partial charge is 0.303 e. The predicted molar refractivity (Wildman–Crippen MR) is 77.1 cm³/mol. The van der Waals surface area contributed by atoms with Gasteiger partial charge < -0.3 is 15.1 Å². The molecule has 0 saturated carbocycles. The highest BCUT2D eigenvalue weighted by Gasteiger charge is 2.08. The molecule has 1 aromatic carbocycles. The summed E-state index contributed by atoms with van der Waals surface area (Å²) in [6.07, 6.45) is 1.36. The van der Waals surface area contributed by atoms with E-state index in [1.165, 1.54) is 0 Å². The molecule has 5 nitrogen and oxygen atoms in total.